The van der Waals surface area contributed by atoms with Crippen molar-refractivity contribution in [3.63, 3.8) is 0 Å². The van der Waals surface area contributed by atoms with Crippen LogP contribution in [0.15, 0.2) is 29.1 Å². The molecule has 138 valence electrons. The number of aryl methyl sites for hydroxylation is 2. The Balaban J connectivity index is 2.08. The van der Waals surface area contributed by atoms with E-state index in [1.807, 2.05) is 13.8 Å². The van der Waals surface area contributed by atoms with Gasteiger partial charge in [-0.2, -0.15) is 18.3 Å². The third-order valence-electron chi connectivity index (χ3n) is 4.36. The van der Waals surface area contributed by atoms with Gasteiger partial charge in [0.05, 0.1) is 17.3 Å². The van der Waals surface area contributed by atoms with Crippen LogP contribution in [-0.2, 0) is 12.6 Å². The molecule has 0 spiro atoms. The van der Waals surface area contributed by atoms with Crippen molar-refractivity contribution in [2.24, 2.45) is 0 Å². The van der Waals surface area contributed by atoms with Crippen LogP contribution >= 0.6 is 0 Å². The van der Waals surface area contributed by atoms with Crippen LogP contribution in [0.1, 0.15) is 49.0 Å². The molecule has 1 aromatic carbocycles. The summed E-state index contributed by atoms with van der Waals surface area (Å²) in [6.07, 6.45) is -2.92. The molecule has 5 nitrogen and oxygen atoms in total. The molecule has 0 aliphatic heterocycles. The van der Waals surface area contributed by atoms with Gasteiger partial charge in [0.2, 0.25) is 0 Å². The molecule has 1 atom stereocenters. The fraction of sp³-hybridized carbons (Fsp3) is 0.389. The van der Waals surface area contributed by atoms with E-state index in [2.05, 4.69) is 15.1 Å². The highest BCUT2D eigenvalue weighted by atomic mass is 19.4. The minimum atomic E-state index is -4.37. The number of hydrogen-bond donors (Lipinski definition) is 1. The average Bonchev–Trinajstić information content (AvgIpc) is 2.91. The van der Waals surface area contributed by atoms with E-state index in [1.54, 1.807) is 11.6 Å². The first-order valence-electron chi connectivity index (χ1n) is 8.37. The van der Waals surface area contributed by atoms with Crippen molar-refractivity contribution >= 4 is 11.0 Å². The van der Waals surface area contributed by atoms with Crippen LogP contribution in [-0.4, -0.2) is 19.7 Å². The Morgan fingerprint density at radius 1 is 1.23 bits per heavy atom. The third-order valence-corrected chi connectivity index (χ3v) is 4.36. The first-order valence-corrected chi connectivity index (χ1v) is 8.37. The number of benzene rings is 1. The standard InChI is InChI=1S/C18H19F3N4O/c1-4-5-14-22-16-15(17(26)23-14)10(2)24-25(16)11(3)12-6-8-13(9-7-12)18(19,20)21/h6-9,11H,4-5H2,1-3H3,(H,22,23,26). The summed E-state index contributed by atoms with van der Waals surface area (Å²) in [6.45, 7) is 5.52. The average molecular weight is 364 g/mol. The molecule has 0 amide bonds. The fourth-order valence-corrected chi connectivity index (χ4v) is 2.97. The van der Waals surface area contributed by atoms with Gasteiger partial charge >= 0.3 is 6.18 Å². The molecule has 26 heavy (non-hydrogen) atoms. The summed E-state index contributed by atoms with van der Waals surface area (Å²) < 4.78 is 39.9. The zero-order chi connectivity index (χ0) is 19.1. The van der Waals surface area contributed by atoms with Gasteiger partial charge in [-0.05, 0) is 38.0 Å². The first-order chi connectivity index (χ1) is 12.2. The number of nitrogens with zero attached hydrogens (tertiary/aromatic N) is 3. The van der Waals surface area contributed by atoms with E-state index in [1.165, 1.54) is 12.1 Å². The topological polar surface area (TPSA) is 63.6 Å². The predicted molar refractivity (Wildman–Crippen MR) is 92.1 cm³/mol. The summed E-state index contributed by atoms with van der Waals surface area (Å²) in [4.78, 5) is 19.6. The zero-order valence-corrected chi connectivity index (χ0v) is 14.7. The maximum Gasteiger partial charge on any atom is 0.416 e. The number of hydrogen-bond acceptors (Lipinski definition) is 3. The Hall–Kier alpha value is -2.64. The Morgan fingerprint density at radius 3 is 2.46 bits per heavy atom. The molecule has 0 saturated carbocycles. The second kappa shape index (κ2) is 6.59. The second-order valence-corrected chi connectivity index (χ2v) is 6.29. The summed E-state index contributed by atoms with van der Waals surface area (Å²) >= 11 is 0. The van der Waals surface area contributed by atoms with Gasteiger partial charge in [0.25, 0.3) is 5.56 Å². The number of halogens is 3. The maximum absolute atomic E-state index is 12.8. The number of H-pyrrole nitrogens is 1. The van der Waals surface area contributed by atoms with E-state index in [0.29, 0.717) is 34.5 Å². The first kappa shape index (κ1) is 18.2. The molecule has 1 unspecified atom stereocenters. The van der Waals surface area contributed by atoms with Crippen LogP contribution in [0.5, 0.6) is 0 Å². The molecule has 0 bridgehead atoms. The molecule has 3 aromatic rings. The van der Waals surface area contributed by atoms with Crippen LogP contribution in [0.2, 0.25) is 0 Å². The lowest BCUT2D eigenvalue weighted by molar-refractivity contribution is -0.137. The van der Waals surface area contributed by atoms with Gasteiger partial charge < -0.3 is 4.98 Å². The van der Waals surface area contributed by atoms with Crippen LogP contribution in [0.3, 0.4) is 0 Å². The van der Waals surface area contributed by atoms with Gasteiger partial charge in [-0.15, -0.1) is 0 Å². The number of aromatic nitrogens is 4. The summed E-state index contributed by atoms with van der Waals surface area (Å²) in [5.74, 6) is 0.575. The van der Waals surface area contributed by atoms with Gasteiger partial charge in [-0.25, -0.2) is 9.67 Å². The zero-order valence-electron chi connectivity index (χ0n) is 14.7. The fourth-order valence-electron chi connectivity index (χ4n) is 2.97. The van der Waals surface area contributed by atoms with E-state index in [0.717, 1.165) is 18.6 Å². The van der Waals surface area contributed by atoms with Gasteiger partial charge in [0.15, 0.2) is 5.65 Å². The summed E-state index contributed by atoms with van der Waals surface area (Å²) in [7, 11) is 0. The van der Waals surface area contributed by atoms with Crippen molar-refractivity contribution in [1.82, 2.24) is 19.7 Å². The molecule has 1 N–H and O–H groups in total. The molecule has 0 saturated heterocycles. The molecular weight excluding hydrogens is 345 g/mol. The highest BCUT2D eigenvalue weighted by Crippen LogP contribution is 2.31. The van der Waals surface area contributed by atoms with E-state index >= 15 is 0 Å². The monoisotopic (exact) mass is 364 g/mol. The van der Waals surface area contributed by atoms with Crippen LogP contribution in [0, 0.1) is 6.92 Å². The Labute approximate surface area is 147 Å². The predicted octanol–water partition coefficient (Wildman–Crippen LogP) is 4.01. The van der Waals surface area contributed by atoms with Gasteiger partial charge in [0.1, 0.15) is 11.2 Å². The lowest BCUT2D eigenvalue weighted by Gasteiger charge is -2.15. The Morgan fingerprint density at radius 2 is 1.88 bits per heavy atom. The summed E-state index contributed by atoms with van der Waals surface area (Å²) in [5.41, 5.74) is 0.691. The quantitative estimate of drug-likeness (QED) is 0.761. The normalized spacial score (nSPS) is 13.3. The highest BCUT2D eigenvalue weighted by Gasteiger charge is 2.30. The van der Waals surface area contributed by atoms with Crippen molar-refractivity contribution < 1.29 is 13.2 Å². The highest BCUT2D eigenvalue weighted by molar-refractivity contribution is 5.77. The van der Waals surface area contributed by atoms with E-state index < -0.39 is 11.7 Å². The SMILES string of the molecule is CCCc1nc2c(c(C)nn2C(C)c2ccc(C(F)(F)F)cc2)c(=O)[nH]1. The molecular formula is C18H19F3N4O. The van der Waals surface area contributed by atoms with Crippen LogP contribution in [0.25, 0.3) is 11.0 Å². The van der Waals surface area contributed by atoms with Crippen molar-refractivity contribution in [2.45, 2.75) is 45.8 Å². The molecule has 3 rings (SSSR count). The molecule has 2 heterocycles. The van der Waals surface area contributed by atoms with Gasteiger partial charge in [0, 0.05) is 6.42 Å². The summed E-state index contributed by atoms with van der Waals surface area (Å²) in [5, 5.41) is 4.82. The number of nitrogens with one attached hydrogen (secondary N) is 1. The minimum Gasteiger partial charge on any atom is -0.310 e. The molecule has 0 radical (unpaired) electrons. The van der Waals surface area contributed by atoms with E-state index in [4.69, 9.17) is 0 Å². The van der Waals surface area contributed by atoms with Crippen LogP contribution < -0.4 is 5.56 Å². The Bertz CT molecular complexity index is 987. The van der Waals surface area contributed by atoms with Crippen molar-refractivity contribution in [3.05, 3.63) is 57.3 Å². The molecule has 0 fully saturated rings. The number of rotatable bonds is 4. The van der Waals surface area contributed by atoms with Crippen molar-refractivity contribution in [3.8, 4) is 0 Å². The second-order valence-electron chi connectivity index (χ2n) is 6.29. The lowest BCUT2D eigenvalue weighted by atomic mass is 10.1. The van der Waals surface area contributed by atoms with Crippen LogP contribution in [0.4, 0.5) is 13.2 Å². The molecule has 2 aromatic heterocycles. The lowest BCUT2D eigenvalue weighted by Crippen LogP contribution is -2.15. The smallest absolute Gasteiger partial charge is 0.310 e. The van der Waals surface area contributed by atoms with E-state index in [9.17, 15) is 18.0 Å². The third kappa shape index (κ3) is 3.23. The minimum absolute atomic E-state index is 0.248. The molecule has 8 heteroatoms. The van der Waals surface area contributed by atoms with E-state index in [-0.39, 0.29) is 11.6 Å². The van der Waals surface area contributed by atoms with Crippen molar-refractivity contribution in [2.75, 3.05) is 0 Å². The molecule has 0 aliphatic rings. The summed E-state index contributed by atoms with van der Waals surface area (Å²) in [6, 6.07) is 4.59. The van der Waals surface area contributed by atoms with Gasteiger partial charge in [-0.1, -0.05) is 19.1 Å². The molecule has 0 aliphatic carbocycles. The Kier molecular flexibility index (Phi) is 4.60. The largest absolute Gasteiger partial charge is 0.416 e. The number of aromatic amines is 1. The number of alkyl halides is 3. The van der Waals surface area contributed by atoms with Crippen molar-refractivity contribution in [1.29, 1.82) is 0 Å². The maximum atomic E-state index is 12.8. The number of fused-ring (bicyclic) bond motifs is 1. The van der Waals surface area contributed by atoms with Gasteiger partial charge in [-0.3, -0.25) is 4.79 Å².